The van der Waals surface area contributed by atoms with Crippen molar-refractivity contribution in [2.45, 2.75) is 25.8 Å². The van der Waals surface area contributed by atoms with E-state index in [1.807, 2.05) is 6.07 Å². The van der Waals surface area contributed by atoms with Gasteiger partial charge in [0.1, 0.15) is 24.0 Å². The summed E-state index contributed by atoms with van der Waals surface area (Å²) < 4.78 is 4.99. The van der Waals surface area contributed by atoms with Crippen LogP contribution < -0.4 is 5.32 Å². The molecule has 1 aromatic heterocycles. The van der Waals surface area contributed by atoms with E-state index in [2.05, 4.69) is 27.1 Å². The highest BCUT2D eigenvalue weighted by Gasteiger charge is 2.31. The zero-order valence-electron chi connectivity index (χ0n) is 20.9. The van der Waals surface area contributed by atoms with Gasteiger partial charge in [-0.3, -0.25) is 14.4 Å². The number of nitrogens with zero attached hydrogens (tertiary/aromatic N) is 4. The number of benzene rings is 1. The zero-order chi connectivity index (χ0) is 27.5. The molecule has 0 bridgehead atoms. The van der Waals surface area contributed by atoms with Crippen molar-refractivity contribution in [1.82, 2.24) is 25.1 Å². The molecular formula is C26H29N5O7. The van der Waals surface area contributed by atoms with Crippen LogP contribution in [0.3, 0.4) is 0 Å². The Morgan fingerprint density at radius 2 is 1.76 bits per heavy atom. The molecule has 12 heteroatoms. The fraction of sp³-hybridized carbons (Fsp3) is 0.385. The predicted octanol–water partition coefficient (Wildman–Crippen LogP) is 0.751. The van der Waals surface area contributed by atoms with Crippen molar-refractivity contribution in [3.63, 3.8) is 0 Å². The van der Waals surface area contributed by atoms with E-state index in [9.17, 15) is 24.3 Å². The molecule has 1 saturated heterocycles. The monoisotopic (exact) mass is 523 g/mol. The summed E-state index contributed by atoms with van der Waals surface area (Å²) in [5.41, 5.74) is 0.759. The minimum Gasteiger partial charge on any atom is -0.481 e. The number of aliphatic hydroxyl groups excluding tert-OH is 1. The molecule has 1 atom stereocenters. The van der Waals surface area contributed by atoms with Crippen molar-refractivity contribution in [2.24, 2.45) is 0 Å². The van der Waals surface area contributed by atoms with Gasteiger partial charge in [-0.2, -0.15) is 0 Å². The quantitative estimate of drug-likeness (QED) is 0.424. The number of rotatable bonds is 8. The number of aliphatic hydroxyl groups is 1. The summed E-state index contributed by atoms with van der Waals surface area (Å²) in [5, 5.41) is 20.9. The highest BCUT2D eigenvalue weighted by molar-refractivity contribution is 5.96. The Balaban J connectivity index is 1.81. The number of nitrogens with one attached hydrogen (secondary N) is 1. The van der Waals surface area contributed by atoms with E-state index in [1.165, 1.54) is 15.9 Å². The van der Waals surface area contributed by atoms with Gasteiger partial charge in [-0.1, -0.05) is 36.3 Å². The van der Waals surface area contributed by atoms with Crippen molar-refractivity contribution < 1.29 is 34.1 Å². The van der Waals surface area contributed by atoms with E-state index in [0.717, 1.165) is 0 Å². The summed E-state index contributed by atoms with van der Waals surface area (Å²) in [6.07, 6.45) is -0.939. The average molecular weight is 524 g/mol. The minimum atomic E-state index is -1.13. The Hall–Kier alpha value is -4.50. The molecule has 200 valence electrons. The first kappa shape index (κ1) is 28.1. The molecule has 0 radical (unpaired) electrons. The van der Waals surface area contributed by atoms with Crippen molar-refractivity contribution in [2.75, 3.05) is 39.4 Å². The van der Waals surface area contributed by atoms with Crippen molar-refractivity contribution in [3.8, 4) is 23.2 Å². The van der Waals surface area contributed by atoms with E-state index in [4.69, 9.17) is 9.84 Å². The number of carboxylic acids is 1. The number of piperazine rings is 1. The Morgan fingerprint density at radius 1 is 1.08 bits per heavy atom. The van der Waals surface area contributed by atoms with Gasteiger partial charge in [0, 0.05) is 44.2 Å². The molecule has 3 N–H and O–H groups in total. The highest BCUT2D eigenvalue weighted by atomic mass is 16.6. The molecule has 0 aliphatic carbocycles. The lowest BCUT2D eigenvalue weighted by Crippen LogP contribution is -2.56. The van der Waals surface area contributed by atoms with Gasteiger partial charge in [0.25, 0.3) is 5.91 Å². The number of carbonyl (C=O) groups is 4. The number of carbonyl (C=O) groups excluding carboxylic acids is 3. The van der Waals surface area contributed by atoms with Gasteiger partial charge >= 0.3 is 12.1 Å². The van der Waals surface area contributed by atoms with Crippen molar-refractivity contribution in [1.29, 1.82) is 0 Å². The highest BCUT2D eigenvalue weighted by Crippen LogP contribution is 2.16. The van der Waals surface area contributed by atoms with Crippen molar-refractivity contribution >= 4 is 23.9 Å². The zero-order valence-corrected chi connectivity index (χ0v) is 20.9. The molecule has 3 rings (SSSR count). The maximum absolute atomic E-state index is 13.3. The van der Waals surface area contributed by atoms with Crippen LogP contribution in [-0.4, -0.2) is 99.3 Å². The average Bonchev–Trinajstić information content (AvgIpc) is 2.94. The molecule has 2 aromatic rings. The molecular weight excluding hydrogens is 494 g/mol. The topological polar surface area (TPSA) is 162 Å². The number of aromatic nitrogens is 2. The van der Waals surface area contributed by atoms with Crippen LogP contribution in [0.4, 0.5) is 4.79 Å². The second kappa shape index (κ2) is 13.7. The van der Waals surface area contributed by atoms with Crippen LogP contribution >= 0.6 is 0 Å². The Labute approximate surface area is 219 Å². The van der Waals surface area contributed by atoms with E-state index in [0.29, 0.717) is 5.56 Å². The van der Waals surface area contributed by atoms with Crippen LogP contribution in [0.2, 0.25) is 0 Å². The largest absolute Gasteiger partial charge is 0.481 e. The second-order valence-corrected chi connectivity index (χ2v) is 8.26. The number of ether oxygens (including phenoxy) is 1. The summed E-state index contributed by atoms with van der Waals surface area (Å²) >= 11 is 0. The smallest absolute Gasteiger partial charge is 0.409 e. The summed E-state index contributed by atoms with van der Waals surface area (Å²) in [6.45, 7) is 2.47. The fourth-order valence-electron chi connectivity index (χ4n) is 3.78. The molecule has 12 nitrogen and oxygen atoms in total. The lowest BCUT2D eigenvalue weighted by molar-refractivity contribution is -0.138. The maximum atomic E-state index is 13.3. The molecule has 1 aromatic carbocycles. The van der Waals surface area contributed by atoms with Crippen LogP contribution in [0, 0.1) is 11.8 Å². The van der Waals surface area contributed by atoms with Gasteiger partial charge in [0.15, 0.2) is 5.82 Å². The summed E-state index contributed by atoms with van der Waals surface area (Å²) in [5.74, 6) is 3.10. The summed E-state index contributed by atoms with van der Waals surface area (Å²) in [7, 11) is 0. The molecule has 1 aliphatic rings. The van der Waals surface area contributed by atoms with Gasteiger partial charge in [-0.15, -0.1) is 0 Å². The third kappa shape index (κ3) is 7.75. The fourth-order valence-corrected chi connectivity index (χ4v) is 3.78. The second-order valence-electron chi connectivity index (χ2n) is 8.26. The first-order valence-electron chi connectivity index (χ1n) is 12.1. The van der Waals surface area contributed by atoms with Crippen LogP contribution in [0.25, 0.3) is 11.4 Å². The summed E-state index contributed by atoms with van der Waals surface area (Å²) in [6, 6.07) is 9.11. The van der Waals surface area contributed by atoms with E-state index < -0.39 is 36.5 Å². The Morgan fingerprint density at radius 3 is 2.39 bits per heavy atom. The molecule has 0 spiro atoms. The maximum Gasteiger partial charge on any atom is 0.409 e. The Kier molecular flexibility index (Phi) is 10.1. The molecule has 2 heterocycles. The number of hydrogen-bond donors (Lipinski definition) is 3. The van der Waals surface area contributed by atoms with Crippen LogP contribution in [0.15, 0.2) is 36.4 Å². The predicted molar refractivity (Wildman–Crippen MR) is 135 cm³/mol. The number of amides is 3. The van der Waals surface area contributed by atoms with Crippen LogP contribution in [0.5, 0.6) is 0 Å². The molecule has 38 heavy (non-hydrogen) atoms. The third-order valence-corrected chi connectivity index (χ3v) is 5.65. The standard InChI is InChI=1S/C26H29N5O7/c1-2-38-26(37)31-14-12-30(13-15-31)25(36)20(10-11-22(33)34)29-24(35)21-17-19(9-6-16-32)27-23(28-21)18-7-4-3-5-8-18/h3-5,7-8,17,20,32H,2,10-16H2,1H3,(H,29,35)(H,33,34). The van der Waals surface area contributed by atoms with E-state index >= 15 is 0 Å². The molecule has 1 unspecified atom stereocenters. The van der Waals surface area contributed by atoms with Gasteiger partial charge in [-0.25, -0.2) is 14.8 Å². The lowest BCUT2D eigenvalue weighted by Gasteiger charge is -2.35. The van der Waals surface area contributed by atoms with Crippen molar-refractivity contribution in [3.05, 3.63) is 47.8 Å². The van der Waals surface area contributed by atoms with Crippen LogP contribution in [0.1, 0.15) is 35.9 Å². The summed E-state index contributed by atoms with van der Waals surface area (Å²) in [4.78, 5) is 61.3. The normalized spacial score (nSPS) is 13.6. The number of carboxylic acid groups (broad SMARTS) is 1. The van der Waals surface area contributed by atoms with E-state index in [1.54, 1.807) is 31.2 Å². The van der Waals surface area contributed by atoms with Gasteiger partial charge in [0.2, 0.25) is 5.91 Å². The molecule has 3 amide bonds. The minimum absolute atomic E-state index is 0.0682. The number of aliphatic carboxylic acids is 1. The number of hydrogen-bond acceptors (Lipinski definition) is 8. The van der Waals surface area contributed by atoms with E-state index in [-0.39, 0.29) is 62.8 Å². The van der Waals surface area contributed by atoms with Gasteiger partial charge in [-0.05, 0) is 19.3 Å². The molecule has 1 aliphatic heterocycles. The first-order valence-corrected chi connectivity index (χ1v) is 12.1. The lowest BCUT2D eigenvalue weighted by atomic mass is 10.1. The van der Waals surface area contributed by atoms with Gasteiger partial charge < -0.3 is 30.1 Å². The SMILES string of the molecule is CCOC(=O)N1CCN(C(=O)C(CCC(=O)O)NC(=O)c2cc(C#CCO)nc(-c3ccccc3)n2)CC1. The van der Waals surface area contributed by atoms with Gasteiger partial charge in [0.05, 0.1) is 6.61 Å². The Bertz CT molecular complexity index is 1220. The molecule has 0 saturated carbocycles. The third-order valence-electron chi connectivity index (χ3n) is 5.65. The molecule has 1 fully saturated rings. The first-order chi connectivity index (χ1) is 18.3. The van der Waals surface area contributed by atoms with Crippen LogP contribution in [-0.2, 0) is 14.3 Å².